The second-order valence-corrected chi connectivity index (χ2v) is 5.24. The zero-order valence-electron chi connectivity index (χ0n) is 11.9. The van der Waals surface area contributed by atoms with E-state index in [4.69, 9.17) is 0 Å². The van der Waals surface area contributed by atoms with E-state index in [0.717, 1.165) is 18.5 Å². The minimum Gasteiger partial charge on any atom is -0.508 e. The van der Waals surface area contributed by atoms with Crippen LogP contribution in [-0.2, 0) is 11.3 Å². The molecule has 4 heteroatoms. The summed E-state index contributed by atoms with van der Waals surface area (Å²) in [5, 5.41) is 15.3. The molecule has 1 aromatic carbocycles. The van der Waals surface area contributed by atoms with E-state index >= 15 is 0 Å². The van der Waals surface area contributed by atoms with Gasteiger partial charge in [-0.1, -0.05) is 26.0 Å². The summed E-state index contributed by atoms with van der Waals surface area (Å²) in [5.74, 6) is 0.878. The maximum atomic E-state index is 11.8. The largest absolute Gasteiger partial charge is 0.508 e. The van der Waals surface area contributed by atoms with Crippen LogP contribution in [0.25, 0.3) is 0 Å². The van der Waals surface area contributed by atoms with Gasteiger partial charge in [-0.05, 0) is 37.0 Å². The SMILES string of the molecule is CC(C)CCNC(=O)C(C)NCc1ccc(O)cc1. The summed E-state index contributed by atoms with van der Waals surface area (Å²) in [6.45, 7) is 7.46. The van der Waals surface area contributed by atoms with Gasteiger partial charge in [0, 0.05) is 13.1 Å². The molecule has 1 rings (SSSR count). The van der Waals surface area contributed by atoms with E-state index in [1.165, 1.54) is 0 Å². The molecule has 1 atom stereocenters. The lowest BCUT2D eigenvalue weighted by molar-refractivity contribution is -0.122. The number of amides is 1. The van der Waals surface area contributed by atoms with Gasteiger partial charge in [0.1, 0.15) is 5.75 Å². The van der Waals surface area contributed by atoms with Crippen molar-refractivity contribution < 1.29 is 9.90 Å². The molecule has 0 heterocycles. The van der Waals surface area contributed by atoms with Crippen molar-refractivity contribution in [2.75, 3.05) is 6.54 Å². The summed E-state index contributed by atoms with van der Waals surface area (Å²) in [7, 11) is 0. The number of carbonyl (C=O) groups is 1. The van der Waals surface area contributed by atoms with E-state index in [2.05, 4.69) is 24.5 Å². The molecule has 0 aliphatic heterocycles. The highest BCUT2D eigenvalue weighted by Gasteiger charge is 2.11. The van der Waals surface area contributed by atoms with Crippen LogP contribution in [0.5, 0.6) is 5.75 Å². The standard InChI is InChI=1S/C15H24N2O2/c1-11(2)8-9-16-15(19)12(3)17-10-13-4-6-14(18)7-5-13/h4-7,11-12,17-18H,8-10H2,1-3H3,(H,16,19). The Morgan fingerprint density at radius 1 is 1.21 bits per heavy atom. The molecule has 1 amide bonds. The zero-order valence-corrected chi connectivity index (χ0v) is 11.9. The number of benzene rings is 1. The molecule has 1 aromatic rings. The monoisotopic (exact) mass is 264 g/mol. The van der Waals surface area contributed by atoms with Crippen LogP contribution < -0.4 is 10.6 Å². The smallest absolute Gasteiger partial charge is 0.236 e. The second kappa shape index (κ2) is 7.79. The molecule has 3 N–H and O–H groups in total. The molecule has 0 saturated carbocycles. The molecular formula is C15H24N2O2. The number of nitrogens with one attached hydrogen (secondary N) is 2. The van der Waals surface area contributed by atoms with Gasteiger partial charge in [0.15, 0.2) is 0 Å². The van der Waals surface area contributed by atoms with Gasteiger partial charge in [0.05, 0.1) is 6.04 Å². The van der Waals surface area contributed by atoms with E-state index in [9.17, 15) is 9.90 Å². The number of rotatable bonds is 7. The summed E-state index contributed by atoms with van der Waals surface area (Å²) in [6.07, 6.45) is 0.996. The topological polar surface area (TPSA) is 61.4 Å². The predicted molar refractivity (Wildman–Crippen MR) is 76.9 cm³/mol. The van der Waals surface area contributed by atoms with Crippen LogP contribution in [0.2, 0.25) is 0 Å². The Labute approximate surface area is 115 Å². The first-order valence-corrected chi connectivity index (χ1v) is 6.78. The van der Waals surface area contributed by atoms with Crippen LogP contribution in [0, 0.1) is 5.92 Å². The third-order valence-electron chi connectivity index (χ3n) is 2.96. The molecule has 0 bridgehead atoms. The lowest BCUT2D eigenvalue weighted by Crippen LogP contribution is -2.42. The Hall–Kier alpha value is -1.55. The highest BCUT2D eigenvalue weighted by atomic mass is 16.3. The molecule has 1 unspecified atom stereocenters. The fourth-order valence-corrected chi connectivity index (χ4v) is 1.61. The number of phenolic OH excluding ortho intramolecular Hbond substituents is 1. The Kier molecular flexibility index (Phi) is 6.36. The number of hydrogen-bond acceptors (Lipinski definition) is 3. The molecule has 0 aliphatic carbocycles. The first-order valence-electron chi connectivity index (χ1n) is 6.78. The average molecular weight is 264 g/mol. The summed E-state index contributed by atoms with van der Waals surface area (Å²) < 4.78 is 0. The van der Waals surface area contributed by atoms with Gasteiger partial charge in [-0.25, -0.2) is 0 Å². The summed E-state index contributed by atoms with van der Waals surface area (Å²) >= 11 is 0. The maximum absolute atomic E-state index is 11.8. The lowest BCUT2D eigenvalue weighted by atomic mass is 10.1. The van der Waals surface area contributed by atoms with Gasteiger partial charge in [0.25, 0.3) is 0 Å². The molecule has 0 fully saturated rings. The minimum atomic E-state index is -0.221. The maximum Gasteiger partial charge on any atom is 0.236 e. The van der Waals surface area contributed by atoms with Gasteiger partial charge in [-0.15, -0.1) is 0 Å². The first-order chi connectivity index (χ1) is 8.99. The molecule has 4 nitrogen and oxygen atoms in total. The minimum absolute atomic E-state index is 0.0272. The van der Waals surface area contributed by atoms with Crippen molar-refractivity contribution in [2.45, 2.75) is 39.8 Å². The van der Waals surface area contributed by atoms with Gasteiger partial charge in [-0.2, -0.15) is 0 Å². The highest BCUT2D eigenvalue weighted by Crippen LogP contribution is 2.09. The van der Waals surface area contributed by atoms with Crippen molar-refractivity contribution in [2.24, 2.45) is 5.92 Å². The van der Waals surface area contributed by atoms with Crippen molar-refractivity contribution in [3.05, 3.63) is 29.8 Å². The zero-order chi connectivity index (χ0) is 14.3. The summed E-state index contributed by atoms with van der Waals surface area (Å²) in [6, 6.07) is 6.74. The summed E-state index contributed by atoms with van der Waals surface area (Å²) in [5.41, 5.74) is 1.04. The number of phenols is 1. The normalized spacial score (nSPS) is 12.4. The van der Waals surface area contributed by atoms with Gasteiger partial charge in [-0.3, -0.25) is 4.79 Å². The van der Waals surface area contributed by atoms with Crippen molar-refractivity contribution in [1.82, 2.24) is 10.6 Å². The first kappa shape index (κ1) is 15.5. The number of hydrogen-bond donors (Lipinski definition) is 3. The molecular weight excluding hydrogens is 240 g/mol. The molecule has 0 spiro atoms. The van der Waals surface area contributed by atoms with Crippen LogP contribution in [0.3, 0.4) is 0 Å². The van der Waals surface area contributed by atoms with Crippen LogP contribution in [0.1, 0.15) is 32.8 Å². The van der Waals surface area contributed by atoms with Crippen LogP contribution in [0.15, 0.2) is 24.3 Å². The van der Waals surface area contributed by atoms with Crippen LogP contribution >= 0.6 is 0 Å². The van der Waals surface area contributed by atoms with E-state index in [0.29, 0.717) is 12.5 Å². The molecule has 0 aliphatic rings. The van der Waals surface area contributed by atoms with E-state index in [1.807, 2.05) is 19.1 Å². The number of aromatic hydroxyl groups is 1. The number of carbonyl (C=O) groups excluding carboxylic acids is 1. The van der Waals surface area contributed by atoms with Crippen LogP contribution in [0.4, 0.5) is 0 Å². The molecule has 0 saturated heterocycles. The van der Waals surface area contributed by atoms with Crippen molar-refractivity contribution in [3.8, 4) is 5.75 Å². The van der Waals surface area contributed by atoms with E-state index in [-0.39, 0.29) is 17.7 Å². The van der Waals surface area contributed by atoms with Gasteiger partial charge >= 0.3 is 0 Å². The second-order valence-electron chi connectivity index (χ2n) is 5.24. The average Bonchev–Trinajstić information content (AvgIpc) is 2.37. The third-order valence-corrected chi connectivity index (χ3v) is 2.96. The highest BCUT2D eigenvalue weighted by molar-refractivity contribution is 5.81. The predicted octanol–water partition coefficient (Wildman–Crippen LogP) is 2.03. The van der Waals surface area contributed by atoms with Gasteiger partial charge in [0.2, 0.25) is 5.91 Å². The molecule has 106 valence electrons. The third kappa shape index (κ3) is 6.25. The summed E-state index contributed by atoms with van der Waals surface area (Å²) in [4.78, 5) is 11.8. The fraction of sp³-hybridized carbons (Fsp3) is 0.533. The Morgan fingerprint density at radius 3 is 2.42 bits per heavy atom. The molecule has 0 radical (unpaired) electrons. The van der Waals surface area contributed by atoms with E-state index < -0.39 is 0 Å². The van der Waals surface area contributed by atoms with Crippen molar-refractivity contribution >= 4 is 5.91 Å². The Bertz CT molecular complexity index is 388. The van der Waals surface area contributed by atoms with Crippen molar-refractivity contribution in [1.29, 1.82) is 0 Å². The van der Waals surface area contributed by atoms with E-state index in [1.54, 1.807) is 12.1 Å². The Balaban J connectivity index is 2.28. The van der Waals surface area contributed by atoms with Gasteiger partial charge < -0.3 is 15.7 Å². The Morgan fingerprint density at radius 2 is 1.84 bits per heavy atom. The molecule has 0 aromatic heterocycles. The fourth-order valence-electron chi connectivity index (χ4n) is 1.61. The lowest BCUT2D eigenvalue weighted by Gasteiger charge is -2.14. The quantitative estimate of drug-likeness (QED) is 0.706. The molecule has 19 heavy (non-hydrogen) atoms. The van der Waals surface area contributed by atoms with Crippen LogP contribution in [-0.4, -0.2) is 23.6 Å². The van der Waals surface area contributed by atoms with Crippen molar-refractivity contribution in [3.63, 3.8) is 0 Å².